The Morgan fingerprint density at radius 3 is 2.28 bits per heavy atom. The molecule has 1 N–H and O–H groups in total. The average molecular weight is 529 g/mol. The summed E-state index contributed by atoms with van der Waals surface area (Å²) in [5.74, 6) is -0.506. The molecule has 2 aliphatic carbocycles. The third-order valence-corrected chi connectivity index (χ3v) is 9.64. The molecular weight excluding hydrogens is 493 g/mol. The number of benzene rings is 1. The summed E-state index contributed by atoms with van der Waals surface area (Å²) >= 11 is 0. The number of hydrogen-bond acceptors (Lipinski definition) is 6. The predicted molar refractivity (Wildman–Crippen MR) is 148 cm³/mol. The molecule has 1 spiro atoms. The molecule has 1 aromatic carbocycles. The van der Waals surface area contributed by atoms with Gasteiger partial charge < -0.3 is 14.4 Å². The second kappa shape index (κ2) is 8.99. The van der Waals surface area contributed by atoms with E-state index in [0.29, 0.717) is 24.4 Å². The first-order valence-corrected chi connectivity index (χ1v) is 13.9. The smallest absolute Gasteiger partial charge is 0.481 e. The van der Waals surface area contributed by atoms with Crippen LogP contribution in [0.5, 0.6) is 0 Å². The molecule has 0 bridgehead atoms. The molecule has 0 amide bonds. The summed E-state index contributed by atoms with van der Waals surface area (Å²) in [6, 6.07) is 8.17. The molecule has 1 saturated heterocycles. The number of hydrogen-bond donors (Lipinski definition) is 1. The van der Waals surface area contributed by atoms with Crippen molar-refractivity contribution < 1.29 is 24.0 Å². The number of aliphatic carboxylic acids is 1. The third kappa shape index (κ3) is 4.49. The number of pyridine rings is 1. The van der Waals surface area contributed by atoms with Crippen LogP contribution in [0.2, 0.25) is 0 Å². The van der Waals surface area contributed by atoms with E-state index in [0.717, 1.165) is 53.3 Å². The number of carboxylic acid groups (broad SMARTS) is 1. The number of nitrogens with zero attached hydrogens (tertiary/aromatic N) is 3. The number of Topliss-reactive ketones (excluding diaryl/α,β-unsaturated/α-hetero) is 1. The van der Waals surface area contributed by atoms with Crippen molar-refractivity contribution in [3.05, 3.63) is 53.5 Å². The first kappa shape index (κ1) is 26.2. The van der Waals surface area contributed by atoms with Crippen molar-refractivity contribution in [2.75, 3.05) is 0 Å². The van der Waals surface area contributed by atoms with Gasteiger partial charge >= 0.3 is 13.1 Å². The zero-order chi connectivity index (χ0) is 27.7. The van der Waals surface area contributed by atoms with Crippen LogP contribution in [0.25, 0.3) is 10.9 Å². The molecule has 3 aromatic rings. The van der Waals surface area contributed by atoms with Gasteiger partial charge in [-0.1, -0.05) is 24.3 Å². The normalized spacial score (nSPS) is 26.9. The second-order valence-electron chi connectivity index (χ2n) is 13.0. The van der Waals surface area contributed by atoms with Crippen molar-refractivity contribution in [2.24, 2.45) is 17.3 Å². The number of aryl methyl sites for hydroxylation is 1. The van der Waals surface area contributed by atoms with Gasteiger partial charge in [0.2, 0.25) is 0 Å². The summed E-state index contributed by atoms with van der Waals surface area (Å²) < 4.78 is 14.3. The van der Waals surface area contributed by atoms with Crippen LogP contribution in [0.4, 0.5) is 0 Å². The molecule has 0 unspecified atom stereocenters. The summed E-state index contributed by atoms with van der Waals surface area (Å²) in [6.45, 7) is 10.7. The Morgan fingerprint density at radius 2 is 1.67 bits per heavy atom. The van der Waals surface area contributed by atoms with Gasteiger partial charge in [-0.2, -0.15) is 5.10 Å². The van der Waals surface area contributed by atoms with E-state index in [-0.39, 0.29) is 17.1 Å². The number of carbonyl (C=O) groups excluding carboxylic acids is 1. The lowest BCUT2D eigenvalue weighted by Gasteiger charge is -2.56. The van der Waals surface area contributed by atoms with Crippen LogP contribution in [0.15, 0.2) is 36.7 Å². The van der Waals surface area contributed by atoms with E-state index in [2.05, 4.69) is 22.2 Å². The number of carboxylic acids is 1. The number of carbonyl (C=O) groups is 2. The maximum Gasteiger partial charge on any atom is 0.494 e. The summed E-state index contributed by atoms with van der Waals surface area (Å²) in [7, 11) is -0.409. The summed E-state index contributed by atoms with van der Waals surface area (Å²) in [4.78, 5) is 29.1. The topological polar surface area (TPSA) is 104 Å². The van der Waals surface area contributed by atoms with E-state index in [9.17, 15) is 14.7 Å². The largest absolute Gasteiger partial charge is 0.494 e. The van der Waals surface area contributed by atoms with E-state index in [1.807, 2.05) is 51.4 Å². The van der Waals surface area contributed by atoms with Gasteiger partial charge in [-0.05, 0) is 82.7 Å². The molecule has 0 atom stereocenters. The summed E-state index contributed by atoms with van der Waals surface area (Å²) in [5, 5.41) is 14.7. The highest BCUT2D eigenvalue weighted by atomic mass is 16.7. The van der Waals surface area contributed by atoms with Gasteiger partial charge in [-0.15, -0.1) is 0 Å². The Balaban J connectivity index is 1.17. The first-order chi connectivity index (χ1) is 18.4. The van der Waals surface area contributed by atoms with Gasteiger partial charge in [0.05, 0.1) is 40.9 Å². The van der Waals surface area contributed by atoms with Crippen molar-refractivity contribution in [2.45, 2.75) is 84.5 Å². The molecule has 6 rings (SSSR count). The molecule has 1 aliphatic heterocycles. The molecule has 2 aromatic heterocycles. The minimum absolute atomic E-state index is 0.0827. The second-order valence-corrected chi connectivity index (χ2v) is 13.0. The lowest BCUT2D eigenvalue weighted by atomic mass is 9.47. The molecule has 39 heavy (non-hydrogen) atoms. The fraction of sp³-hybridized carbons (Fsp3) is 0.533. The van der Waals surface area contributed by atoms with Crippen molar-refractivity contribution in [3.8, 4) is 0 Å². The van der Waals surface area contributed by atoms with Gasteiger partial charge in [-0.3, -0.25) is 19.3 Å². The van der Waals surface area contributed by atoms with E-state index >= 15 is 0 Å². The van der Waals surface area contributed by atoms with E-state index in [4.69, 9.17) is 9.31 Å². The molecule has 2 saturated carbocycles. The lowest BCUT2D eigenvalue weighted by Crippen LogP contribution is -2.50. The third-order valence-electron chi connectivity index (χ3n) is 9.64. The van der Waals surface area contributed by atoms with Gasteiger partial charge in [0.15, 0.2) is 5.78 Å². The maximum absolute atomic E-state index is 13.5. The van der Waals surface area contributed by atoms with Crippen molar-refractivity contribution in [1.82, 2.24) is 14.8 Å². The standard InChI is InChI=1S/C30H36BN3O5/c1-18-23-16-33-34(17-19-6-8-22(9-7-19)31-38-28(2,3)29(4,5)39-31)26(23)24(15-32-18)25(35)10-20-11-30(12-20)13-21(14-30)27(36)37/h6-9,15-16,20-21H,10-14,17H2,1-5H3,(H,36,37). The van der Waals surface area contributed by atoms with Gasteiger partial charge in [0.1, 0.15) is 0 Å². The van der Waals surface area contributed by atoms with Crippen LogP contribution < -0.4 is 5.46 Å². The fourth-order valence-corrected chi connectivity index (χ4v) is 6.66. The van der Waals surface area contributed by atoms with E-state index in [1.165, 1.54) is 0 Å². The Morgan fingerprint density at radius 1 is 1.03 bits per heavy atom. The molecule has 9 heteroatoms. The van der Waals surface area contributed by atoms with Crippen LogP contribution in [0, 0.1) is 24.2 Å². The number of fused-ring (bicyclic) bond motifs is 1. The monoisotopic (exact) mass is 529 g/mol. The zero-order valence-electron chi connectivity index (χ0n) is 23.4. The molecule has 3 fully saturated rings. The van der Waals surface area contributed by atoms with Gasteiger partial charge in [0, 0.05) is 23.7 Å². The minimum atomic E-state index is -0.690. The van der Waals surface area contributed by atoms with E-state index in [1.54, 1.807) is 12.4 Å². The quantitative estimate of drug-likeness (QED) is 0.354. The minimum Gasteiger partial charge on any atom is -0.481 e. The van der Waals surface area contributed by atoms with Gasteiger partial charge in [0.25, 0.3) is 0 Å². The number of aromatic nitrogens is 3. The average Bonchev–Trinajstić information content (AvgIpc) is 3.32. The molecular formula is C30H36BN3O5. The lowest BCUT2D eigenvalue weighted by molar-refractivity contribution is -0.157. The van der Waals surface area contributed by atoms with E-state index < -0.39 is 24.3 Å². The molecule has 3 heterocycles. The predicted octanol–water partition coefficient (Wildman–Crippen LogP) is 4.55. The summed E-state index contributed by atoms with van der Waals surface area (Å²) in [5.41, 5.74) is 3.69. The highest BCUT2D eigenvalue weighted by Crippen LogP contribution is 2.62. The van der Waals surface area contributed by atoms with Crippen LogP contribution in [-0.4, -0.2) is 49.9 Å². The number of ketones is 1. The van der Waals surface area contributed by atoms with Crippen LogP contribution in [0.1, 0.15) is 81.4 Å². The molecule has 204 valence electrons. The van der Waals surface area contributed by atoms with Crippen molar-refractivity contribution >= 4 is 35.2 Å². The van der Waals surface area contributed by atoms with Gasteiger partial charge in [-0.25, -0.2) is 0 Å². The molecule has 3 aliphatic rings. The Hall–Kier alpha value is -3.04. The summed E-state index contributed by atoms with van der Waals surface area (Å²) in [6.07, 6.45) is 7.35. The van der Waals surface area contributed by atoms with Crippen LogP contribution in [-0.2, 0) is 20.6 Å². The fourth-order valence-electron chi connectivity index (χ4n) is 6.66. The molecule has 0 radical (unpaired) electrons. The highest BCUT2D eigenvalue weighted by molar-refractivity contribution is 6.62. The highest BCUT2D eigenvalue weighted by Gasteiger charge is 2.55. The van der Waals surface area contributed by atoms with Crippen LogP contribution in [0.3, 0.4) is 0 Å². The van der Waals surface area contributed by atoms with Crippen molar-refractivity contribution in [3.63, 3.8) is 0 Å². The Labute approximate surface area is 229 Å². The Kier molecular flexibility index (Phi) is 6.04. The number of rotatable bonds is 7. The molecule has 8 nitrogen and oxygen atoms in total. The first-order valence-electron chi connectivity index (χ1n) is 13.9. The Bertz CT molecular complexity index is 1430. The zero-order valence-corrected chi connectivity index (χ0v) is 23.4. The SMILES string of the molecule is Cc1ncc(C(=O)CC2CC3(C2)CC(C(=O)O)C3)c2c1cnn2Cc1ccc(B2OC(C)(C)C(C)(C)O2)cc1. The maximum atomic E-state index is 13.5. The van der Waals surface area contributed by atoms with Crippen LogP contribution >= 0.6 is 0 Å². The van der Waals surface area contributed by atoms with Crippen molar-refractivity contribution in [1.29, 1.82) is 0 Å².